The highest BCUT2D eigenvalue weighted by Crippen LogP contribution is 2.21. The molecule has 1 saturated heterocycles. The first-order chi connectivity index (χ1) is 6.79. The molecule has 1 fully saturated rings. The summed E-state index contributed by atoms with van der Waals surface area (Å²) in [7, 11) is 0. The fraction of sp³-hybridized carbons (Fsp3) is 0.455. The summed E-state index contributed by atoms with van der Waals surface area (Å²) in [5.41, 5.74) is 0.689. The highest BCUT2D eigenvalue weighted by molar-refractivity contribution is 5.45. The van der Waals surface area contributed by atoms with E-state index in [1.54, 1.807) is 12.3 Å². The summed E-state index contributed by atoms with van der Waals surface area (Å²) in [6.07, 6.45) is 2.93. The van der Waals surface area contributed by atoms with Crippen molar-refractivity contribution in [3.63, 3.8) is 0 Å². The molecule has 2 rings (SSSR count). The van der Waals surface area contributed by atoms with E-state index in [4.69, 9.17) is 5.26 Å². The molecule has 2 heterocycles. The lowest BCUT2D eigenvalue weighted by Crippen LogP contribution is -2.20. The average Bonchev–Trinajstić information content (AvgIpc) is 2.65. The Labute approximate surface area is 84.0 Å². The molecule has 1 aromatic heterocycles. The summed E-state index contributed by atoms with van der Waals surface area (Å²) < 4.78 is 0. The van der Waals surface area contributed by atoms with Gasteiger partial charge in [-0.05, 0) is 24.5 Å². The van der Waals surface area contributed by atoms with Gasteiger partial charge >= 0.3 is 0 Å². The third-order valence-electron chi connectivity index (χ3n) is 2.62. The predicted molar refractivity (Wildman–Crippen MR) is 54.9 cm³/mol. The molecule has 1 atom stereocenters. The van der Waals surface area contributed by atoms with Crippen LogP contribution in [0, 0.1) is 17.2 Å². The molecule has 72 valence electrons. The van der Waals surface area contributed by atoms with Gasteiger partial charge in [0.2, 0.25) is 0 Å². The van der Waals surface area contributed by atoms with Crippen LogP contribution in [0.5, 0.6) is 0 Å². The molecule has 3 heteroatoms. The molecular weight excluding hydrogens is 174 g/mol. The highest BCUT2D eigenvalue weighted by atomic mass is 15.2. The fourth-order valence-electron chi connectivity index (χ4n) is 1.80. The van der Waals surface area contributed by atoms with E-state index in [1.165, 1.54) is 6.42 Å². The molecular formula is C11H13N3. The maximum atomic E-state index is 8.76. The zero-order chi connectivity index (χ0) is 9.97. The van der Waals surface area contributed by atoms with Crippen molar-refractivity contribution >= 4 is 5.82 Å². The second-order valence-corrected chi connectivity index (χ2v) is 3.85. The van der Waals surface area contributed by atoms with Crippen LogP contribution in [0.15, 0.2) is 18.3 Å². The van der Waals surface area contributed by atoms with E-state index in [2.05, 4.69) is 22.9 Å². The van der Waals surface area contributed by atoms with Crippen molar-refractivity contribution in [1.29, 1.82) is 5.26 Å². The van der Waals surface area contributed by atoms with Crippen LogP contribution in [0.2, 0.25) is 0 Å². The Bertz CT molecular complexity index is 367. The van der Waals surface area contributed by atoms with Gasteiger partial charge in [0.1, 0.15) is 5.82 Å². The number of hydrogen-bond acceptors (Lipinski definition) is 3. The van der Waals surface area contributed by atoms with Crippen LogP contribution in [0.4, 0.5) is 5.82 Å². The number of pyridine rings is 1. The lowest BCUT2D eigenvalue weighted by atomic mass is 10.2. The first kappa shape index (κ1) is 9.01. The molecule has 1 aliphatic rings. The molecule has 3 nitrogen and oxygen atoms in total. The molecule has 0 amide bonds. The third-order valence-corrected chi connectivity index (χ3v) is 2.62. The standard InChI is InChI=1S/C11H13N3/c1-9-3-5-14(8-9)11-6-10(7-12)2-4-13-11/h2,4,6,9H,3,5,8H2,1H3/t9-/m1/s1. The Hall–Kier alpha value is -1.56. The van der Waals surface area contributed by atoms with Gasteiger partial charge < -0.3 is 4.90 Å². The molecule has 14 heavy (non-hydrogen) atoms. The SMILES string of the molecule is C[C@@H]1CCN(c2cc(C#N)ccn2)C1. The molecule has 0 radical (unpaired) electrons. The zero-order valence-corrected chi connectivity index (χ0v) is 8.27. The average molecular weight is 187 g/mol. The summed E-state index contributed by atoms with van der Waals surface area (Å²) in [5, 5.41) is 8.76. The fourth-order valence-corrected chi connectivity index (χ4v) is 1.80. The van der Waals surface area contributed by atoms with Gasteiger partial charge in [-0.2, -0.15) is 5.26 Å². The molecule has 0 N–H and O–H groups in total. The van der Waals surface area contributed by atoms with E-state index in [1.807, 2.05) is 6.07 Å². The molecule has 0 spiro atoms. The van der Waals surface area contributed by atoms with Crippen LogP contribution in [0.1, 0.15) is 18.9 Å². The van der Waals surface area contributed by atoms with Gasteiger partial charge in [-0.1, -0.05) is 6.92 Å². The first-order valence-electron chi connectivity index (χ1n) is 4.90. The molecule has 0 bridgehead atoms. The quantitative estimate of drug-likeness (QED) is 0.673. The Morgan fingerprint density at radius 3 is 3.14 bits per heavy atom. The van der Waals surface area contributed by atoms with Crippen LogP contribution in [-0.2, 0) is 0 Å². The summed E-state index contributed by atoms with van der Waals surface area (Å²) in [6, 6.07) is 5.73. The van der Waals surface area contributed by atoms with Gasteiger partial charge in [0.05, 0.1) is 11.6 Å². The summed E-state index contributed by atoms with van der Waals surface area (Å²) in [4.78, 5) is 6.52. The lowest BCUT2D eigenvalue weighted by Gasteiger charge is -2.16. The Kier molecular flexibility index (Phi) is 2.36. The predicted octanol–water partition coefficient (Wildman–Crippen LogP) is 1.80. The maximum Gasteiger partial charge on any atom is 0.129 e. The van der Waals surface area contributed by atoms with E-state index >= 15 is 0 Å². The Balaban J connectivity index is 2.20. The van der Waals surface area contributed by atoms with E-state index in [9.17, 15) is 0 Å². The largest absolute Gasteiger partial charge is 0.356 e. The molecule has 0 unspecified atom stereocenters. The van der Waals surface area contributed by atoms with Crippen LogP contribution in [-0.4, -0.2) is 18.1 Å². The number of aromatic nitrogens is 1. The Morgan fingerprint density at radius 1 is 1.64 bits per heavy atom. The summed E-state index contributed by atoms with van der Waals surface area (Å²) in [5.74, 6) is 1.68. The monoisotopic (exact) mass is 187 g/mol. The number of nitrogens with zero attached hydrogens (tertiary/aromatic N) is 3. The van der Waals surface area contributed by atoms with E-state index < -0.39 is 0 Å². The van der Waals surface area contributed by atoms with Crippen molar-refractivity contribution in [2.75, 3.05) is 18.0 Å². The molecule has 0 aliphatic carbocycles. The van der Waals surface area contributed by atoms with Crippen LogP contribution < -0.4 is 4.90 Å². The van der Waals surface area contributed by atoms with Gasteiger partial charge in [0.15, 0.2) is 0 Å². The minimum Gasteiger partial charge on any atom is -0.356 e. The second kappa shape index (κ2) is 3.67. The smallest absolute Gasteiger partial charge is 0.129 e. The topological polar surface area (TPSA) is 39.9 Å². The minimum absolute atomic E-state index is 0.689. The highest BCUT2D eigenvalue weighted by Gasteiger charge is 2.19. The molecule has 1 aliphatic heterocycles. The van der Waals surface area contributed by atoms with Gasteiger partial charge in [0, 0.05) is 19.3 Å². The van der Waals surface area contributed by atoms with Crippen LogP contribution in [0.25, 0.3) is 0 Å². The first-order valence-corrected chi connectivity index (χ1v) is 4.90. The molecule has 1 aromatic rings. The van der Waals surface area contributed by atoms with Crippen molar-refractivity contribution in [2.24, 2.45) is 5.92 Å². The number of anilines is 1. The molecule has 0 saturated carbocycles. The van der Waals surface area contributed by atoms with E-state index in [0.29, 0.717) is 5.56 Å². The third kappa shape index (κ3) is 1.69. The van der Waals surface area contributed by atoms with Gasteiger partial charge in [-0.25, -0.2) is 4.98 Å². The van der Waals surface area contributed by atoms with Crippen molar-refractivity contribution < 1.29 is 0 Å². The number of nitriles is 1. The maximum absolute atomic E-state index is 8.76. The number of rotatable bonds is 1. The normalized spacial score (nSPS) is 20.9. The Morgan fingerprint density at radius 2 is 2.50 bits per heavy atom. The van der Waals surface area contributed by atoms with Crippen LogP contribution in [0.3, 0.4) is 0 Å². The zero-order valence-electron chi connectivity index (χ0n) is 8.27. The van der Waals surface area contributed by atoms with Crippen molar-refractivity contribution in [2.45, 2.75) is 13.3 Å². The van der Waals surface area contributed by atoms with Crippen molar-refractivity contribution in [3.8, 4) is 6.07 Å². The van der Waals surface area contributed by atoms with Crippen molar-refractivity contribution in [3.05, 3.63) is 23.9 Å². The number of hydrogen-bond donors (Lipinski definition) is 0. The van der Waals surface area contributed by atoms with E-state index in [0.717, 1.165) is 24.8 Å². The summed E-state index contributed by atoms with van der Waals surface area (Å²) in [6.45, 7) is 4.36. The molecule has 0 aromatic carbocycles. The van der Waals surface area contributed by atoms with Crippen LogP contribution >= 0.6 is 0 Å². The van der Waals surface area contributed by atoms with Crippen molar-refractivity contribution in [1.82, 2.24) is 4.98 Å². The summed E-state index contributed by atoms with van der Waals surface area (Å²) >= 11 is 0. The van der Waals surface area contributed by atoms with Gasteiger partial charge in [-0.15, -0.1) is 0 Å². The van der Waals surface area contributed by atoms with Gasteiger partial charge in [0.25, 0.3) is 0 Å². The van der Waals surface area contributed by atoms with Gasteiger partial charge in [-0.3, -0.25) is 0 Å². The minimum atomic E-state index is 0.689. The second-order valence-electron chi connectivity index (χ2n) is 3.85. The lowest BCUT2D eigenvalue weighted by molar-refractivity contribution is 0.659. The van der Waals surface area contributed by atoms with E-state index in [-0.39, 0.29) is 0 Å².